The number of carbonyl (C=O) groups excluding carboxylic acids is 1. The van der Waals surface area contributed by atoms with Gasteiger partial charge in [0.1, 0.15) is 5.82 Å². The van der Waals surface area contributed by atoms with Crippen LogP contribution in [0.3, 0.4) is 0 Å². The number of thiophene rings is 1. The lowest BCUT2D eigenvalue weighted by Gasteiger charge is -2.26. The second-order valence-electron chi connectivity index (χ2n) is 6.94. The minimum absolute atomic E-state index is 0.0347. The van der Waals surface area contributed by atoms with Crippen LogP contribution in [0.25, 0.3) is 0 Å². The molecule has 0 saturated heterocycles. The fraction of sp³-hybridized carbons (Fsp3) is 0.500. The van der Waals surface area contributed by atoms with Crippen molar-refractivity contribution in [2.24, 2.45) is 0 Å². The van der Waals surface area contributed by atoms with Gasteiger partial charge in [0.25, 0.3) is 0 Å². The molecule has 1 amide bonds. The number of nitrogens with zero attached hydrogens (tertiary/aromatic N) is 2. The maximum atomic E-state index is 11.5. The number of pyridine rings is 1. The number of aromatic nitrogens is 1. The molecule has 0 saturated carbocycles. The van der Waals surface area contributed by atoms with Gasteiger partial charge in [-0.15, -0.1) is 23.7 Å². The number of unbranched alkanes of at least 4 members (excludes halogenated alkanes) is 1. The molecule has 30 heavy (non-hydrogen) atoms. The van der Waals surface area contributed by atoms with Crippen molar-refractivity contribution in [1.82, 2.24) is 9.88 Å². The molecule has 0 spiro atoms. The third-order valence-corrected chi connectivity index (χ3v) is 5.86. The molecule has 0 atom stereocenters. The van der Waals surface area contributed by atoms with Crippen LogP contribution in [-0.4, -0.2) is 35.5 Å². The van der Waals surface area contributed by atoms with Crippen LogP contribution in [0.1, 0.15) is 56.0 Å². The van der Waals surface area contributed by atoms with Crippen molar-refractivity contribution in [2.45, 2.75) is 59.4 Å². The minimum Gasteiger partial charge on any atom is -0.478 e. The molecular weight excluding hydrogens is 394 g/mol. The average Bonchev–Trinajstić information content (AvgIpc) is 3.23. The Labute approximate surface area is 184 Å². The van der Waals surface area contributed by atoms with Crippen LogP contribution in [0.5, 0.6) is 5.88 Å². The quantitative estimate of drug-likeness (QED) is 0.526. The molecule has 2 aliphatic rings. The first kappa shape index (κ1) is 23.9. The highest BCUT2D eigenvalue weighted by atomic mass is 32.1. The van der Waals surface area contributed by atoms with Crippen LogP contribution in [0.4, 0.5) is 5.82 Å². The van der Waals surface area contributed by atoms with Gasteiger partial charge in [-0.05, 0) is 67.8 Å². The Kier molecular flexibility index (Phi) is 10.4. The maximum absolute atomic E-state index is 11.5. The lowest BCUT2D eigenvalue weighted by Crippen LogP contribution is -2.30. The summed E-state index contributed by atoms with van der Waals surface area (Å²) in [7, 11) is 0. The number of aryl methyl sites for hydroxylation is 1. The van der Waals surface area contributed by atoms with E-state index < -0.39 is 0 Å². The highest BCUT2D eigenvalue weighted by Crippen LogP contribution is 2.25. The Morgan fingerprint density at radius 1 is 1.20 bits per heavy atom. The van der Waals surface area contributed by atoms with Gasteiger partial charge in [-0.2, -0.15) is 4.98 Å². The number of nitrogens with one attached hydrogen (secondary N) is 1. The van der Waals surface area contributed by atoms with E-state index in [9.17, 15) is 4.79 Å². The largest absolute Gasteiger partial charge is 0.478 e. The second-order valence-corrected chi connectivity index (χ2v) is 7.95. The fourth-order valence-electron chi connectivity index (χ4n) is 3.42. The van der Waals surface area contributed by atoms with Gasteiger partial charge >= 0.3 is 0 Å². The summed E-state index contributed by atoms with van der Waals surface area (Å²) < 4.78 is 5.76. The van der Waals surface area contributed by atoms with Gasteiger partial charge in [0, 0.05) is 30.5 Å². The number of fused-ring (bicyclic) bond motifs is 2. The molecule has 4 rings (SSSR count). The minimum atomic E-state index is 0.0347. The number of terminal acetylenes is 1. The Bertz CT molecular complexity index is 841. The topological polar surface area (TPSA) is 54.5 Å². The highest BCUT2D eigenvalue weighted by Gasteiger charge is 2.17. The number of rotatable bonds is 6. The summed E-state index contributed by atoms with van der Waals surface area (Å²) >= 11 is 1.89. The molecule has 2 aliphatic heterocycles. The third kappa shape index (κ3) is 7.16. The van der Waals surface area contributed by atoms with E-state index in [2.05, 4.69) is 39.0 Å². The summed E-state index contributed by atoms with van der Waals surface area (Å²) in [6, 6.07) is 6.16. The molecule has 2 aromatic heterocycles. The first-order chi connectivity index (χ1) is 14.7. The Morgan fingerprint density at radius 3 is 2.80 bits per heavy atom. The first-order valence-electron chi connectivity index (χ1n) is 10.8. The summed E-state index contributed by atoms with van der Waals surface area (Å²) in [5.41, 5.74) is 2.60. The predicted molar refractivity (Wildman–Crippen MR) is 125 cm³/mol. The van der Waals surface area contributed by atoms with Gasteiger partial charge in [0.05, 0.1) is 6.61 Å². The lowest BCUT2D eigenvalue weighted by atomic mass is 10.1. The molecule has 6 heteroatoms. The van der Waals surface area contributed by atoms with Crippen LogP contribution >= 0.6 is 11.3 Å². The monoisotopic (exact) mass is 427 g/mol. The number of anilines is 1. The highest BCUT2D eigenvalue weighted by molar-refractivity contribution is 7.10. The van der Waals surface area contributed by atoms with Crippen molar-refractivity contribution >= 4 is 23.1 Å². The maximum Gasteiger partial charge on any atom is 0.225 e. The zero-order valence-corrected chi connectivity index (χ0v) is 19.2. The molecule has 0 aliphatic carbocycles. The fourth-order valence-corrected chi connectivity index (χ4v) is 4.30. The molecular formula is C24H33N3O2S. The molecule has 0 bridgehead atoms. The average molecular weight is 428 g/mol. The molecule has 0 fully saturated rings. The molecule has 0 unspecified atom stereocenters. The zero-order valence-electron chi connectivity index (χ0n) is 18.4. The molecule has 0 aromatic carbocycles. The Hall–Kier alpha value is -2.36. The van der Waals surface area contributed by atoms with E-state index in [4.69, 9.17) is 4.74 Å². The van der Waals surface area contributed by atoms with E-state index in [1.807, 2.05) is 37.3 Å². The van der Waals surface area contributed by atoms with E-state index in [-0.39, 0.29) is 5.91 Å². The second kappa shape index (κ2) is 13.0. The summed E-state index contributed by atoms with van der Waals surface area (Å²) in [5.74, 6) is 3.54. The van der Waals surface area contributed by atoms with E-state index in [1.54, 1.807) is 11.8 Å². The number of hydrogen-bond acceptors (Lipinski definition) is 5. The Balaban J connectivity index is 0.000000590. The Morgan fingerprint density at radius 2 is 2.00 bits per heavy atom. The van der Waals surface area contributed by atoms with E-state index in [0.29, 0.717) is 24.7 Å². The molecule has 162 valence electrons. The normalized spacial score (nSPS) is 14.5. The van der Waals surface area contributed by atoms with Crippen LogP contribution in [0.2, 0.25) is 0 Å². The van der Waals surface area contributed by atoms with Crippen molar-refractivity contribution in [3.63, 3.8) is 0 Å². The number of ether oxygens (including phenoxy) is 1. The first-order valence-corrected chi connectivity index (χ1v) is 11.6. The van der Waals surface area contributed by atoms with Gasteiger partial charge in [0.15, 0.2) is 0 Å². The zero-order chi connectivity index (χ0) is 21.8. The molecule has 5 nitrogen and oxygen atoms in total. The standard InChI is InChI=1S/C19H23N3O2S.C3H4.C2H6/c23-17-5-3-14-4-6-18(21-19(14)20-17)24-11-2-1-9-22-10-7-16-15(13-22)8-12-25-16;1-3-2;1-2/h4,6,8,12H,1-3,5,7,9-11,13H2,(H,20,21,23);1H,2H3;1-2H3. The van der Waals surface area contributed by atoms with Gasteiger partial charge in [-0.1, -0.05) is 13.8 Å². The van der Waals surface area contributed by atoms with E-state index in [0.717, 1.165) is 37.9 Å². The SMILES string of the molecule is C#CC.CC.O=C1CCc2ccc(OCCCCN3CCc4sccc4C3)nc2N1. The molecule has 4 heterocycles. The van der Waals surface area contributed by atoms with E-state index >= 15 is 0 Å². The molecule has 1 N–H and O–H groups in total. The summed E-state index contributed by atoms with van der Waals surface area (Å²) in [5, 5.41) is 5.02. The molecule has 2 aromatic rings. The summed E-state index contributed by atoms with van der Waals surface area (Å²) in [4.78, 5) is 19.9. The number of carbonyl (C=O) groups is 1. The van der Waals surface area contributed by atoms with Crippen molar-refractivity contribution in [1.29, 1.82) is 0 Å². The third-order valence-electron chi connectivity index (χ3n) is 4.84. The van der Waals surface area contributed by atoms with Gasteiger partial charge in [0.2, 0.25) is 11.8 Å². The van der Waals surface area contributed by atoms with Crippen molar-refractivity contribution in [3.05, 3.63) is 39.6 Å². The smallest absolute Gasteiger partial charge is 0.225 e. The van der Waals surface area contributed by atoms with E-state index in [1.165, 1.54) is 18.5 Å². The lowest BCUT2D eigenvalue weighted by molar-refractivity contribution is -0.116. The summed E-state index contributed by atoms with van der Waals surface area (Å²) in [6.07, 6.45) is 9.22. The molecule has 0 radical (unpaired) electrons. The van der Waals surface area contributed by atoms with Crippen molar-refractivity contribution in [3.8, 4) is 18.2 Å². The van der Waals surface area contributed by atoms with Crippen molar-refractivity contribution in [2.75, 3.05) is 25.0 Å². The van der Waals surface area contributed by atoms with Gasteiger partial charge < -0.3 is 10.1 Å². The van der Waals surface area contributed by atoms with Crippen LogP contribution in [0.15, 0.2) is 23.6 Å². The number of hydrogen-bond donors (Lipinski definition) is 1. The van der Waals surface area contributed by atoms with Crippen LogP contribution in [0, 0.1) is 12.3 Å². The number of amides is 1. The predicted octanol–water partition coefficient (Wildman–Crippen LogP) is 4.91. The van der Waals surface area contributed by atoms with Crippen molar-refractivity contribution < 1.29 is 9.53 Å². The van der Waals surface area contributed by atoms with Gasteiger partial charge in [-0.25, -0.2) is 0 Å². The van der Waals surface area contributed by atoms with Crippen LogP contribution in [-0.2, 0) is 24.2 Å². The summed E-state index contributed by atoms with van der Waals surface area (Å²) in [6.45, 7) is 9.69. The van der Waals surface area contributed by atoms with Gasteiger partial charge in [-0.3, -0.25) is 9.69 Å². The van der Waals surface area contributed by atoms with Crippen LogP contribution < -0.4 is 10.1 Å².